The predicted molar refractivity (Wildman–Crippen MR) is 62.6 cm³/mol. The maximum Gasteiger partial charge on any atom is 0.291 e. The van der Waals surface area contributed by atoms with E-state index in [-0.39, 0.29) is 5.91 Å². The van der Waals surface area contributed by atoms with Gasteiger partial charge in [-0.3, -0.25) is 4.79 Å². The van der Waals surface area contributed by atoms with E-state index in [2.05, 4.69) is 5.32 Å². The fraction of sp³-hybridized carbons (Fsp3) is 0.154. The minimum absolute atomic E-state index is 0.211. The summed E-state index contributed by atoms with van der Waals surface area (Å²) in [7, 11) is 0. The number of carbonyl (C=O) groups is 1. The summed E-state index contributed by atoms with van der Waals surface area (Å²) in [6.07, 6.45) is 1.52. The molecule has 0 saturated carbocycles. The van der Waals surface area contributed by atoms with Crippen LogP contribution in [-0.4, -0.2) is 5.91 Å². The van der Waals surface area contributed by atoms with Crippen molar-refractivity contribution in [1.82, 2.24) is 0 Å². The Morgan fingerprint density at radius 3 is 2.50 bits per heavy atom. The van der Waals surface area contributed by atoms with Gasteiger partial charge in [0.05, 0.1) is 6.26 Å². The van der Waals surface area contributed by atoms with Crippen molar-refractivity contribution in [2.45, 2.75) is 13.8 Å². The number of para-hydroxylation sites is 1. The highest BCUT2D eigenvalue weighted by molar-refractivity contribution is 6.03. The van der Waals surface area contributed by atoms with E-state index in [1.807, 2.05) is 38.1 Å². The van der Waals surface area contributed by atoms with E-state index in [0.717, 1.165) is 16.8 Å². The number of amides is 1. The van der Waals surface area contributed by atoms with Crippen molar-refractivity contribution in [3.8, 4) is 0 Å². The lowest BCUT2D eigenvalue weighted by Crippen LogP contribution is -2.12. The first-order valence-corrected chi connectivity index (χ1v) is 5.09. The van der Waals surface area contributed by atoms with Crippen LogP contribution in [0.15, 0.2) is 41.0 Å². The molecule has 0 bridgehead atoms. The number of nitrogens with one attached hydrogen (secondary N) is 1. The van der Waals surface area contributed by atoms with Gasteiger partial charge in [-0.25, -0.2) is 0 Å². The molecule has 0 saturated heterocycles. The average molecular weight is 215 g/mol. The molecule has 0 fully saturated rings. The van der Waals surface area contributed by atoms with Crippen LogP contribution in [-0.2, 0) is 0 Å². The van der Waals surface area contributed by atoms with Crippen molar-refractivity contribution in [2.24, 2.45) is 0 Å². The monoisotopic (exact) mass is 215 g/mol. The molecule has 3 heteroatoms. The van der Waals surface area contributed by atoms with Crippen LogP contribution >= 0.6 is 0 Å². The third-order valence-corrected chi connectivity index (χ3v) is 2.46. The topological polar surface area (TPSA) is 42.2 Å². The minimum Gasteiger partial charge on any atom is -0.459 e. The van der Waals surface area contributed by atoms with Gasteiger partial charge in [-0.2, -0.15) is 0 Å². The summed E-state index contributed by atoms with van der Waals surface area (Å²) in [6.45, 7) is 3.79. The summed E-state index contributed by atoms with van der Waals surface area (Å²) >= 11 is 0. The van der Waals surface area contributed by atoms with E-state index in [9.17, 15) is 4.79 Å². The molecule has 2 rings (SSSR count). The molecule has 0 spiro atoms. The molecular formula is C13H13NO2. The van der Waals surface area contributed by atoms with Gasteiger partial charge in [-0.15, -0.1) is 0 Å². The number of rotatable bonds is 2. The molecule has 1 aromatic heterocycles. The molecule has 2 aromatic rings. The van der Waals surface area contributed by atoms with Crippen molar-refractivity contribution in [3.05, 3.63) is 53.5 Å². The molecule has 0 radical (unpaired) electrons. The molecule has 1 N–H and O–H groups in total. The lowest BCUT2D eigenvalue weighted by Gasteiger charge is -2.06. The average Bonchev–Trinajstić information content (AvgIpc) is 2.68. The Balaban J connectivity index is 2.21. The van der Waals surface area contributed by atoms with Crippen LogP contribution in [0, 0.1) is 13.8 Å². The zero-order valence-corrected chi connectivity index (χ0v) is 9.28. The van der Waals surface area contributed by atoms with Crippen molar-refractivity contribution in [3.63, 3.8) is 0 Å². The number of carbonyl (C=O) groups excluding carboxylic acids is 1. The molecule has 1 aromatic carbocycles. The molecule has 1 amide bonds. The van der Waals surface area contributed by atoms with Gasteiger partial charge in [0.15, 0.2) is 5.76 Å². The van der Waals surface area contributed by atoms with E-state index in [4.69, 9.17) is 4.42 Å². The highest BCUT2D eigenvalue weighted by atomic mass is 16.3. The Morgan fingerprint density at radius 2 is 1.88 bits per heavy atom. The van der Waals surface area contributed by atoms with Gasteiger partial charge < -0.3 is 9.73 Å². The number of hydrogen-bond acceptors (Lipinski definition) is 2. The quantitative estimate of drug-likeness (QED) is 0.836. The van der Waals surface area contributed by atoms with Crippen molar-refractivity contribution in [2.75, 3.05) is 5.32 Å². The second kappa shape index (κ2) is 4.23. The summed E-state index contributed by atoms with van der Waals surface area (Å²) in [6, 6.07) is 9.41. The van der Waals surface area contributed by atoms with E-state index >= 15 is 0 Å². The van der Waals surface area contributed by atoms with Gasteiger partial charge in [0.1, 0.15) is 0 Å². The van der Waals surface area contributed by atoms with Crippen molar-refractivity contribution >= 4 is 11.6 Å². The normalized spacial score (nSPS) is 10.1. The summed E-state index contributed by atoms with van der Waals surface area (Å²) in [5.41, 5.74) is 2.68. The van der Waals surface area contributed by atoms with E-state index < -0.39 is 0 Å². The van der Waals surface area contributed by atoms with Crippen LogP contribution in [0.25, 0.3) is 0 Å². The Kier molecular flexibility index (Phi) is 2.77. The first kappa shape index (κ1) is 10.5. The number of furan rings is 1. The third-order valence-electron chi connectivity index (χ3n) is 2.46. The van der Waals surface area contributed by atoms with Crippen LogP contribution in [0.3, 0.4) is 0 Å². The molecule has 0 aliphatic heterocycles. The van der Waals surface area contributed by atoms with Crippen LogP contribution in [0.2, 0.25) is 0 Å². The van der Waals surface area contributed by atoms with Crippen LogP contribution in [0.5, 0.6) is 0 Å². The Bertz CT molecular complexity index is 514. The molecule has 1 heterocycles. The van der Waals surface area contributed by atoms with Gasteiger partial charge in [0, 0.05) is 11.3 Å². The highest BCUT2D eigenvalue weighted by Crippen LogP contribution is 2.16. The van der Waals surface area contributed by atoms with Crippen molar-refractivity contribution < 1.29 is 9.21 Å². The van der Waals surface area contributed by atoms with E-state index in [1.165, 1.54) is 6.26 Å². The van der Waals surface area contributed by atoms with E-state index in [0.29, 0.717) is 5.76 Å². The molecule has 82 valence electrons. The standard InChI is InChI=1S/C13H13NO2/c1-9-5-3-4-6-11(9)14-13(15)12-10(2)7-8-16-12/h3-8H,1-2H3,(H,14,15). The summed E-state index contributed by atoms with van der Waals surface area (Å²) in [5.74, 6) is 0.153. The van der Waals surface area contributed by atoms with Gasteiger partial charge in [-0.1, -0.05) is 18.2 Å². The smallest absolute Gasteiger partial charge is 0.291 e. The number of hydrogen-bond donors (Lipinski definition) is 1. The molecule has 0 unspecified atom stereocenters. The summed E-state index contributed by atoms with van der Waals surface area (Å²) in [4.78, 5) is 11.8. The minimum atomic E-state index is -0.211. The zero-order valence-electron chi connectivity index (χ0n) is 9.28. The van der Waals surface area contributed by atoms with Gasteiger partial charge in [0.25, 0.3) is 5.91 Å². The van der Waals surface area contributed by atoms with Crippen LogP contribution in [0.4, 0.5) is 5.69 Å². The zero-order chi connectivity index (χ0) is 11.5. The lowest BCUT2D eigenvalue weighted by atomic mass is 10.2. The largest absolute Gasteiger partial charge is 0.459 e. The summed E-state index contributed by atoms with van der Waals surface area (Å²) < 4.78 is 5.13. The van der Waals surface area contributed by atoms with Crippen LogP contribution in [0.1, 0.15) is 21.7 Å². The predicted octanol–water partition coefficient (Wildman–Crippen LogP) is 3.15. The fourth-order valence-electron chi connectivity index (χ4n) is 1.50. The first-order valence-electron chi connectivity index (χ1n) is 5.09. The SMILES string of the molecule is Cc1ccccc1NC(=O)c1occc1C. The highest BCUT2D eigenvalue weighted by Gasteiger charge is 2.13. The fourth-order valence-corrected chi connectivity index (χ4v) is 1.50. The Hall–Kier alpha value is -2.03. The maximum absolute atomic E-state index is 11.8. The van der Waals surface area contributed by atoms with Crippen molar-refractivity contribution in [1.29, 1.82) is 0 Å². The Labute approximate surface area is 94.1 Å². The maximum atomic E-state index is 11.8. The first-order chi connectivity index (χ1) is 7.68. The Morgan fingerprint density at radius 1 is 1.12 bits per heavy atom. The van der Waals surface area contributed by atoms with E-state index in [1.54, 1.807) is 6.07 Å². The number of anilines is 1. The second-order valence-electron chi connectivity index (χ2n) is 3.70. The van der Waals surface area contributed by atoms with Gasteiger partial charge in [0.2, 0.25) is 0 Å². The summed E-state index contributed by atoms with van der Waals surface area (Å²) in [5, 5.41) is 2.82. The molecule has 16 heavy (non-hydrogen) atoms. The van der Waals surface area contributed by atoms with Gasteiger partial charge >= 0.3 is 0 Å². The third kappa shape index (κ3) is 1.98. The van der Waals surface area contributed by atoms with Gasteiger partial charge in [-0.05, 0) is 31.5 Å². The molecule has 0 aliphatic carbocycles. The molecule has 0 aliphatic rings. The molecular weight excluding hydrogens is 202 g/mol. The second-order valence-corrected chi connectivity index (χ2v) is 3.70. The van der Waals surface area contributed by atoms with Crippen LogP contribution < -0.4 is 5.32 Å². The number of benzene rings is 1. The molecule has 0 atom stereocenters. The number of aryl methyl sites for hydroxylation is 2. The molecule has 3 nitrogen and oxygen atoms in total. The lowest BCUT2D eigenvalue weighted by molar-refractivity contribution is 0.0996.